The zero-order valence-corrected chi connectivity index (χ0v) is 23.1. The van der Waals surface area contributed by atoms with Crippen molar-refractivity contribution in [2.45, 2.75) is 30.8 Å². The predicted octanol–water partition coefficient (Wildman–Crippen LogP) is 3.59. The van der Waals surface area contributed by atoms with E-state index in [1.54, 1.807) is 37.3 Å². The lowest BCUT2D eigenvalue weighted by atomic mass is 10.1. The summed E-state index contributed by atoms with van der Waals surface area (Å²) >= 11 is 0. The second-order valence-corrected chi connectivity index (χ2v) is 10.4. The Bertz CT molecular complexity index is 1380. The second-order valence-electron chi connectivity index (χ2n) is 8.55. The summed E-state index contributed by atoms with van der Waals surface area (Å²) in [4.78, 5) is 28.0. The molecule has 1 unspecified atom stereocenters. The lowest BCUT2D eigenvalue weighted by molar-refractivity contribution is -0.140. The highest BCUT2D eigenvalue weighted by molar-refractivity contribution is 7.92. The Kier molecular flexibility index (Phi) is 9.89. The molecule has 0 aliphatic rings. The number of carbonyl (C=O) groups is 2. The van der Waals surface area contributed by atoms with E-state index in [2.05, 4.69) is 5.32 Å². The van der Waals surface area contributed by atoms with Gasteiger partial charge in [-0.25, -0.2) is 12.8 Å². The van der Waals surface area contributed by atoms with Crippen LogP contribution in [0.5, 0.6) is 11.5 Å². The van der Waals surface area contributed by atoms with Crippen molar-refractivity contribution in [3.8, 4) is 11.5 Å². The van der Waals surface area contributed by atoms with Crippen LogP contribution in [-0.4, -0.2) is 59.0 Å². The molecule has 0 fully saturated rings. The molecule has 0 bridgehead atoms. The molecule has 2 amide bonds. The highest BCUT2D eigenvalue weighted by Gasteiger charge is 2.34. The van der Waals surface area contributed by atoms with Gasteiger partial charge in [0.15, 0.2) is 0 Å². The topological polar surface area (TPSA) is 105 Å². The Hall–Kier alpha value is -4.12. The Labute approximate surface area is 228 Å². The molecule has 0 heterocycles. The van der Waals surface area contributed by atoms with Crippen molar-refractivity contribution < 1.29 is 31.9 Å². The van der Waals surface area contributed by atoms with Crippen LogP contribution in [0.4, 0.5) is 10.1 Å². The Morgan fingerprint density at radius 2 is 1.64 bits per heavy atom. The maximum absolute atomic E-state index is 13.9. The number of methoxy groups -OCH3 is 2. The van der Waals surface area contributed by atoms with E-state index in [0.717, 1.165) is 4.31 Å². The third-order valence-corrected chi connectivity index (χ3v) is 7.94. The zero-order chi connectivity index (χ0) is 28.6. The minimum Gasteiger partial charge on any atom is -0.497 e. The van der Waals surface area contributed by atoms with Gasteiger partial charge in [0.25, 0.3) is 10.0 Å². The minimum atomic E-state index is -4.28. The third-order valence-electron chi connectivity index (χ3n) is 6.16. The number of hydrogen-bond donors (Lipinski definition) is 1. The SMILES string of the molecule is CCC(C(=O)NC)N(Cc1ccc(F)cc1)C(=O)CN(c1cc(OC)ccc1OC)S(=O)(=O)c1ccccc1. The number of nitrogens with zero attached hydrogens (tertiary/aromatic N) is 2. The average molecular weight is 558 g/mol. The van der Waals surface area contributed by atoms with Crippen LogP contribution < -0.4 is 19.1 Å². The van der Waals surface area contributed by atoms with Gasteiger partial charge in [-0.1, -0.05) is 37.3 Å². The van der Waals surface area contributed by atoms with E-state index in [-0.39, 0.29) is 29.3 Å². The maximum atomic E-state index is 13.9. The minimum absolute atomic E-state index is 0.0360. The lowest BCUT2D eigenvalue weighted by Crippen LogP contribution is -2.51. The average Bonchev–Trinajstić information content (AvgIpc) is 2.96. The van der Waals surface area contributed by atoms with E-state index in [1.165, 1.54) is 68.6 Å². The number of hydrogen-bond acceptors (Lipinski definition) is 6. The molecule has 3 aromatic carbocycles. The highest BCUT2D eigenvalue weighted by Crippen LogP contribution is 2.36. The van der Waals surface area contributed by atoms with Gasteiger partial charge in [-0.2, -0.15) is 0 Å². The van der Waals surface area contributed by atoms with E-state index in [4.69, 9.17) is 9.47 Å². The molecule has 0 aliphatic carbocycles. The number of nitrogens with one attached hydrogen (secondary N) is 1. The second kappa shape index (κ2) is 13.1. The van der Waals surface area contributed by atoms with Crippen LogP contribution in [-0.2, 0) is 26.2 Å². The van der Waals surface area contributed by atoms with Gasteiger partial charge in [0, 0.05) is 19.7 Å². The summed E-state index contributed by atoms with van der Waals surface area (Å²) in [6.07, 6.45) is 0.264. The molecule has 0 saturated heterocycles. The van der Waals surface area contributed by atoms with Crippen LogP contribution in [0, 0.1) is 5.82 Å². The van der Waals surface area contributed by atoms with Gasteiger partial charge in [0.05, 0.1) is 24.8 Å². The molecule has 0 spiro atoms. The van der Waals surface area contributed by atoms with Crippen molar-refractivity contribution in [1.29, 1.82) is 0 Å². The van der Waals surface area contributed by atoms with Crippen LogP contribution in [0.1, 0.15) is 18.9 Å². The summed E-state index contributed by atoms with van der Waals surface area (Å²) in [7, 11) is 0.00610. The number of sulfonamides is 1. The first kappa shape index (κ1) is 29.4. The van der Waals surface area contributed by atoms with E-state index >= 15 is 0 Å². The standard InChI is InChI=1S/C28H32FN3O6S/c1-5-24(28(34)30-2)31(18-20-11-13-21(29)14-12-20)27(33)19-32(39(35,36)23-9-7-6-8-10-23)25-17-22(37-3)15-16-26(25)38-4/h6-17,24H,5,18-19H2,1-4H3,(H,30,34). The number of anilines is 1. The fraction of sp³-hybridized carbons (Fsp3) is 0.286. The van der Waals surface area contributed by atoms with Crippen molar-refractivity contribution in [3.63, 3.8) is 0 Å². The molecular weight excluding hydrogens is 525 g/mol. The Morgan fingerprint density at radius 1 is 0.974 bits per heavy atom. The van der Waals surface area contributed by atoms with E-state index in [9.17, 15) is 22.4 Å². The summed E-state index contributed by atoms with van der Waals surface area (Å²) < 4.78 is 53.1. The van der Waals surface area contributed by atoms with Crippen molar-refractivity contribution in [1.82, 2.24) is 10.2 Å². The van der Waals surface area contributed by atoms with E-state index in [0.29, 0.717) is 11.3 Å². The summed E-state index contributed by atoms with van der Waals surface area (Å²) in [5, 5.41) is 2.56. The number of likely N-dealkylation sites (N-methyl/N-ethyl adjacent to an activating group) is 1. The number of carbonyl (C=O) groups excluding carboxylic acids is 2. The Balaban J connectivity index is 2.13. The van der Waals surface area contributed by atoms with Gasteiger partial charge in [-0.05, 0) is 48.4 Å². The molecule has 0 aliphatic heterocycles. The molecule has 0 aromatic heterocycles. The molecule has 3 aromatic rings. The number of ether oxygens (including phenoxy) is 2. The first-order valence-corrected chi connectivity index (χ1v) is 13.7. The van der Waals surface area contributed by atoms with Crippen LogP contribution in [0.3, 0.4) is 0 Å². The highest BCUT2D eigenvalue weighted by atomic mass is 32.2. The molecule has 11 heteroatoms. The van der Waals surface area contributed by atoms with Crippen molar-refractivity contribution in [2.75, 3.05) is 32.1 Å². The smallest absolute Gasteiger partial charge is 0.264 e. The number of amides is 2. The van der Waals surface area contributed by atoms with Crippen molar-refractivity contribution in [3.05, 3.63) is 84.2 Å². The molecular formula is C28H32FN3O6S. The van der Waals surface area contributed by atoms with E-state index in [1.807, 2.05) is 0 Å². The Morgan fingerprint density at radius 3 is 2.21 bits per heavy atom. The lowest BCUT2D eigenvalue weighted by Gasteiger charge is -2.33. The van der Waals surface area contributed by atoms with Crippen molar-refractivity contribution in [2.24, 2.45) is 0 Å². The van der Waals surface area contributed by atoms with Gasteiger partial charge >= 0.3 is 0 Å². The van der Waals surface area contributed by atoms with Gasteiger partial charge < -0.3 is 19.7 Å². The largest absolute Gasteiger partial charge is 0.497 e. The first-order chi connectivity index (χ1) is 18.7. The molecule has 1 N–H and O–H groups in total. The molecule has 1 atom stereocenters. The van der Waals surface area contributed by atoms with Crippen molar-refractivity contribution >= 4 is 27.5 Å². The van der Waals surface area contributed by atoms with E-state index < -0.39 is 40.2 Å². The summed E-state index contributed by atoms with van der Waals surface area (Å²) in [6, 6.07) is 16.9. The number of halogens is 1. The third kappa shape index (κ3) is 6.85. The monoisotopic (exact) mass is 557 g/mol. The molecule has 39 heavy (non-hydrogen) atoms. The summed E-state index contributed by atoms with van der Waals surface area (Å²) in [6.45, 7) is 1.06. The fourth-order valence-corrected chi connectivity index (χ4v) is 5.53. The van der Waals surface area contributed by atoms with Gasteiger partial charge in [-0.15, -0.1) is 0 Å². The van der Waals surface area contributed by atoms with Gasteiger partial charge in [0.1, 0.15) is 29.9 Å². The number of benzene rings is 3. The molecule has 0 saturated carbocycles. The summed E-state index contributed by atoms with van der Waals surface area (Å²) in [5.41, 5.74) is 0.660. The van der Waals surface area contributed by atoms with Crippen LogP contribution >= 0.6 is 0 Å². The predicted molar refractivity (Wildman–Crippen MR) is 146 cm³/mol. The number of rotatable bonds is 12. The van der Waals surface area contributed by atoms with Gasteiger partial charge in [-0.3, -0.25) is 13.9 Å². The molecule has 0 radical (unpaired) electrons. The summed E-state index contributed by atoms with van der Waals surface area (Å²) in [5.74, 6) is -0.943. The quantitative estimate of drug-likeness (QED) is 0.365. The first-order valence-electron chi connectivity index (χ1n) is 12.2. The molecule has 3 rings (SSSR count). The van der Waals surface area contributed by atoms with Crippen LogP contribution in [0.15, 0.2) is 77.7 Å². The zero-order valence-electron chi connectivity index (χ0n) is 22.3. The van der Waals surface area contributed by atoms with Crippen LogP contribution in [0.25, 0.3) is 0 Å². The van der Waals surface area contributed by atoms with Crippen LogP contribution in [0.2, 0.25) is 0 Å². The van der Waals surface area contributed by atoms with Gasteiger partial charge in [0.2, 0.25) is 11.8 Å². The maximum Gasteiger partial charge on any atom is 0.264 e. The molecule has 9 nitrogen and oxygen atoms in total. The molecule has 208 valence electrons. The normalized spacial score (nSPS) is 11.8. The fourth-order valence-electron chi connectivity index (χ4n) is 4.10.